The molecule has 0 aliphatic carbocycles. The van der Waals surface area contributed by atoms with Crippen molar-refractivity contribution in [3.05, 3.63) is 109 Å². The molecule has 0 aromatic rings. The molecule has 404 valence electrons. The van der Waals surface area contributed by atoms with Crippen LogP contribution in [0.2, 0.25) is 0 Å². The van der Waals surface area contributed by atoms with Crippen molar-refractivity contribution in [1.82, 2.24) is 0 Å². The van der Waals surface area contributed by atoms with E-state index >= 15 is 0 Å². The van der Waals surface area contributed by atoms with Crippen LogP contribution in [0, 0.1) is 0 Å². The van der Waals surface area contributed by atoms with Crippen LogP contribution in [0.1, 0.15) is 265 Å². The second-order valence-corrected chi connectivity index (χ2v) is 19.1. The fourth-order valence-electron chi connectivity index (χ4n) is 7.93. The summed E-state index contributed by atoms with van der Waals surface area (Å²) in [5.74, 6) is -0.920. The summed E-state index contributed by atoms with van der Waals surface area (Å²) in [4.78, 5) is 38.2. The highest BCUT2D eigenvalue weighted by Crippen LogP contribution is 2.15. The van der Waals surface area contributed by atoms with E-state index in [1.807, 2.05) is 0 Å². The van der Waals surface area contributed by atoms with Gasteiger partial charge in [-0.3, -0.25) is 14.4 Å². The Kier molecular flexibility index (Phi) is 55.4. The van der Waals surface area contributed by atoms with Crippen molar-refractivity contribution in [2.45, 2.75) is 271 Å². The van der Waals surface area contributed by atoms with Crippen LogP contribution in [-0.2, 0) is 28.6 Å². The number of allylic oxidation sites excluding steroid dienone is 18. The van der Waals surface area contributed by atoms with Gasteiger partial charge < -0.3 is 14.2 Å². The smallest absolute Gasteiger partial charge is 0.306 e. The Labute approximate surface area is 438 Å². The van der Waals surface area contributed by atoms with Crippen LogP contribution in [0.15, 0.2) is 109 Å². The average molecular weight is 986 g/mol. The summed E-state index contributed by atoms with van der Waals surface area (Å²) in [5, 5.41) is 0. The first-order chi connectivity index (χ1) is 35.0. The SMILES string of the molecule is CC/C=C\C/C=C\C/C=C\C/C=C\C/C=C\CCCCCCCC(=O)OCC(COC(=O)CCCCCCCCCCCCCCC)OC(=O)CCCCCCCC/C=C\C/C=C\C/C=C\C/C=C\CC. The third kappa shape index (κ3) is 56.9. The van der Waals surface area contributed by atoms with Crippen LogP contribution in [0.3, 0.4) is 0 Å². The molecule has 1 atom stereocenters. The predicted octanol–water partition coefficient (Wildman–Crippen LogP) is 19.9. The molecule has 0 saturated carbocycles. The van der Waals surface area contributed by atoms with E-state index in [9.17, 15) is 14.4 Å². The lowest BCUT2D eigenvalue weighted by molar-refractivity contribution is -0.167. The van der Waals surface area contributed by atoms with Gasteiger partial charge in [-0.25, -0.2) is 0 Å². The van der Waals surface area contributed by atoms with Crippen LogP contribution < -0.4 is 0 Å². The molecule has 0 rings (SSSR count). The van der Waals surface area contributed by atoms with Gasteiger partial charge in [0, 0.05) is 19.3 Å². The summed E-state index contributed by atoms with van der Waals surface area (Å²) in [7, 11) is 0. The molecule has 0 spiro atoms. The predicted molar refractivity (Wildman–Crippen MR) is 307 cm³/mol. The lowest BCUT2D eigenvalue weighted by Crippen LogP contribution is -2.30. The van der Waals surface area contributed by atoms with Crippen molar-refractivity contribution in [1.29, 1.82) is 0 Å². The third-order valence-corrected chi connectivity index (χ3v) is 12.3. The third-order valence-electron chi connectivity index (χ3n) is 12.3. The maximum atomic E-state index is 12.9. The van der Waals surface area contributed by atoms with Gasteiger partial charge in [-0.05, 0) is 103 Å². The van der Waals surface area contributed by atoms with E-state index in [-0.39, 0.29) is 31.1 Å². The van der Waals surface area contributed by atoms with Crippen molar-refractivity contribution in [3.8, 4) is 0 Å². The second kappa shape index (κ2) is 58.6. The largest absolute Gasteiger partial charge is 0.462 e. The molecule has 0 radical (unpaired) electrons. The highest BCUT2D eigenvalue weighted by molar-refractivity contribution is 5.71. The number of unbranched alkanes of at least 4 members (excludes halogenated alkanes) is 23. The lowest BCUT2D eigenvalue weighted by Gasteiger charge is -2.18. The Morgan fingerprint density at radius 1 is 0.296 bits per heavy atom. The Hall–Kier alpha value is -3.93. The van der Waals surface area contributed by atoms with Crippen molar-refractivity contribution < 1.29 is 28.6 Å². The van der Waals surface area contributed by atoms with Crippen molar-refractivity contribution >= 4 is 17.9 Å². The number of hydrogen-bond donors (Lipinski definition) is 0. The van der Waals surface area contributed by atoms with Crippen LogP contribution in [0.4, 0.5) is 0 Å². The van der Waals surface area contributed by atoms with E-state index in [1.165, 1.54) is 77.0 Å². The van der Waals surface area contributed by atoms with Gasteiger partial charge in [0.25, 0.3) is 0 Å². The van der Waals surface area contributed by atoms with E-state index in [0.717, 1.165) is 148 Å². The van der Waals surface area contributed by atoms with Gasteiger partial charge in [0.15, 0.2) is 6.10 Å². The zero-order valence-corrected chi connectivity index (χ0v) is 46.2. The van der Waals surface area contributed by atoms with Gasteiger partial charge in [0.2, 0.25) is 0 Å². The Bertz CT molecular complexity index is 1460. The fourth-order valence-corrected chi connectivity index (χ4v) is 7.93. The number of esters is 3. The van der Waals surface area contributed by atoms with Crippen molar-refractivity contribution in [2.24, 2.45) is 0 Å². The Balaban J connectivity index is 4.44. The van der Waals surface area contributed by atoms with E-state index in [4.69, 9.17) is 14.2 Å². The van der Waals surface area contributed by atoms with Crippen LogP contribution in [0.25, 0.3) is 0 Å². The van der Waals surface area contributed by atoms with E-state index in [2.05, 4.69) is 130 Å². The summed E-state index contributed by atoms with van der Waals surface area (Å²) in [6.45, 7) is 6.39. The van der Waals surface area contributed by atoms with E-state index in [1.54, 1.807) is 0 Å². The molecule has 0 amide bonds. The molecule has 0 bridgehead atoms. The second-order valence-electron chi connectivity index (χ2n) is 19.1. The summed E-state index contributed by atoms with van der Waals surface area (Å²) in [6, 6.07) is 0. The molecule has 0 N–H and O–H groups in total. The van der Waals surface area contributed by atoms with E-state index in [0.29, 0.717) is 19.3 Å². The molecule has 0 aliphatic rings. The minimum Gasteiger partial charge on any atom is -0.462 e. The summed E-state index contributed by atoms with van der Waals surface area (Å²) < 4.78 is 16.9. The normalized spacial score (nSPS) is 12.9. The summed E-state index contributed by atoms with van der Waals surface area (Å²) in [5.41, 5.74) is 0. The first-order valence-corrected chi connectivity index (χ1v) is 29.4. The summed E-state index contributed by atoms with van der Waals surface area (Å²) >= 11 is 0. The number of hydrogen-bond acceptors (Lipinski definition) is 6. The Morgan fingerprint density at radius 3 is 0.859 bits per heavy atom. The molecule has 0 heterocycles. The number of ether oxygens (including phenoxy) is 3. The molecule has 71 heavy (non-hydrogen) atoms. The van der Waals surface area contributed by atoms with Crippen molar-refractivity contribution in [3.63, 3.8) is 0 Å². The van der Waals surface area contributed by atoms with Crippen LogP contribution in [0.5, 0.6) is 0 Å². The maximum absolute atomic E-state index is 12.9. The molecular weight excluding hydrogens is 877 g/mol. The molecule has 0 aromatic carbocycles. The standard InChI is InChI=1S/C65H108O6/c1-4-7-10-13-16-19-22-25-27-29-31-32-34-35-37-40-43-46-49-52-55-58-64(67)70-61-62(60-69-63(66)57-54-51-48-45-42-39-24-21-18-15-12-9-6-3)71-65(68)59-56-53-50-47-44-41-38-36-33-30-28-26-23-20-17-14-11-8-5-2/h7-8,10-11,16-17,19-20,25-28,31-33,35-37,62H,4-6,9,12-15,18,21-24,29-30,34,38-61H2,1-3H3/b10-7-,11-8-,19-16-,20-17-,27-25-,28-26-,32-31-,36-33-,37-35-. The minimum atomic E-state index is -0.795. The number of rotatable bonds is 52. The zero-order chi connectivity index (χ0) is 51.4. The number of carbonyl (C=O) groups excluding carboxylic acids is 3. The van der Waals surface area contributed by atoms with Gasteiger partial charge in [-0.1, -0.05) is 252 Å². The van der Waals surface area contributed by atoms with Crippen molar-refractivity contribution in [2.75, 3.05) is 13.2 Å². The molecule has 0 saturated heterocycles. The first-order valence-electron chi connectivity index (χ1n) is 29.4. The molecule has 6 nitrogen and oxygen atoms in total. The molecular formula is C65H108O6. The van der Waals surface area contributed by atoms with Gasteiger partial charge in [-0.2, -0.15) is 0 Å². The minimum absolute atomic E-state index is 0.0898. The van der Waals surface area contributed by atoms with Gasteiger partial charge in [-0.15, -0.1) is 0 Å². The molecule has 0 aromatic heterocycles. The fraction of sp³-hybridized carbons (Fsp3) is 0.677. The van der Waals surface area contributed by atoms with Gasteiger partial charge in [0.1, 0.15) is 13.2 Å². The maximum Gasteiger partial charge on any atom is 0.306 e. The quantitative estimate of drug-likeness (QED) is 0.0261. The lowest BCUT2D eigenvalue weighted by atomic mass is 10.0. The average Bonchev–Trinajstić information content (AvgIpc) is 3.37. The van der Waals surface area contributed by atoms with Gasteiger partial charge >= 0.3 is 17.9 Å². The van der Waals surface area contributed by atoms with Crippen LogP contribution >= 0.6 is 0 Å². The molecule has 6 heteroatoms. The highest BCUT2D eigenvalue weighted by Gasteiger charge is 2.19. The van der Waals surface area contributed by atoms with E-state index < -0.39 is 6.10 Å². The van der Waals surface area contributed by atoms with Crippen LogP contribution in [-0.4, -0.2) is 37.2 Å². The Morgan fingerprint density at radius 2 is 0.549 bits per heavy atom. The molecule has 0 aliphatic heterocycles. The molecule has 1 unspecified atom stereocenters. The monoisotopic (exact) mass is 985 g/mol. The zero-order valence-electron chi connectivity index (χ0n) is 46.2. The highest BCUT2D eigenvalue weighted by atomic mass is 16.6. The molecule has 0 fully saturated rings. The summed E-state index contributed by atoms with van der Waals surface area (Å²) in [6.07, 6.45) is 79.3. The first kappa shape index (κ1) is 67.1. The van der Waals surface area contributed by atoms with Gasteiger partial charge in [0.05, 0.1) is 0 Å². The topological polar surface area (TPSA) is 78.9 Å². The number of carbonyl (C=O) groups is 3.